The molecule has 2 aliphatic heterocycles. The van der Waals surface area contributed by atoms with Crippen molar-refractivity contribution in [2.24, 2.45) is 92.7 Å². The number of aliphatic hydroxyl groups excluding tert-OH is 2. The predicted octanol–water partition coefficient (Wildman–Crippen LogP) is 9.66. The summed E-state index contributed by atoms with van der Waals surface area (Å²) >= 11 is 0. The summed E-state index contributed by atoms with van der Waals surface area (Å²) in [7, 11) is -4.49. The number of nitrogens with one attached hydrogen (secondary N) is 2. The molecule has 8 fully saturated rings. The van der Waals surface area contributed by atoms with E-state index in [0.29, 0.717) is 90.6 Å². The van der Waals surface area contributed by atoms with Crippen molar-refractivity contribution in [3.63, 3.8) is 0 Å². The normalized spacial score (nSPS) is 42.5. The van der Waals surface area contributed by atoms with Gasteiger partial charge < -0.3 is 34.1 Å². The first-order chi connectivity index (χ1) is 42.2. The number of phosphoric ester groups is 1. The van der Waals surface area contributed by atoms with Crippen LogP contribution in [0.1, 0.15) is 194 Å². The molecule has 8 saturated carbocycles. The summed E-state index contributed by atoms with van der Waals surface area (Å²) in [6, 6.07) is 0. The van der Waals surface area contributed by atoms with Gasteiger partial charge in [0.15, 0.2) is 12.5 Å². The Morgan fingerprint density at radius 3 is 1.55 bits per heavy atom. The van der Waals surface area contributed by atoms with Crippen LogP contribution in [0.4, 0.5) is 0 Å². The van der Waals surface area contributed by atoms with Crippen LogP contribution in [0.15, 0.2) is 55.9 Å². The molecule has 89 heavy (non-hydrogen) atoms. The van der Waals surface area contributed by atoms with E-state index in [1.807, 2.05) is 0 Å². The zero-order valence-electron chi connectivity index (χ0n) is 53.6. The lowest BCUT2D eigenvalue weighted by molar-refractivity contribution is -0.183. The minimum absolute atomic E-state index is 0.0402. The zero-order valence-corrected chi connectivity index (χ0v) is 54.5. The highest BCUT2D eigenvalue weighted by Crippen LogP contribution is 2.71. The number of fused-ring (bicyclic) bond motifs is 10. The Morgan fingerprint density at radius 1 is 0.607 bits per heavy atom. The van der Waals surface area contributed by atoms with Gasteiger partial charge in [0.1, 0.15) is 24.9 Å². The number of hydrogen-bond acceptors (Lipinski definition) is 15. The maximum Gasteiger partial charge on any atom is 0.472 e. The highest BCUT2D eigenvalue weighted by atomic mass is 31.2. The van der Waals surface area contributed by atoms with Gasteiger partial charge in [-0.25, -0.2) is 14.2 Å². The van der Waals surface area contributed by atoms with E-state index >= 15 is 0 Å². The van der Waals surface area contributed by atoms with E-state index in [-0.39, 0.29) is 76.6 Å². The van der Waals surface area contributed by atoms with Gasteiger partial charge in [0.25, 0.3) is 11.1 Å². The van der Waals surface area contributed by atoms with Crippen LogP contribution in [-0.4, -0.2) is 96.0 Å². The van der Waals surface area contributed by atoms with E-state index < -0.39 is 73.3 Å². The lowest BCUT2D eigenvalue weighted by Gasteiger charge is -2.62. The fourth-order valence-corrected chi connectivity index (χ4v) is 22.5. The standard InChI is InChI=1S/C68H99N4O16P/c1-37(9-19-57(75)83-35-45-11-17-55(85-45)71-33-39(3)61(77)69-63(71)79)47-13-15-49-59-51(23-27-67(47,49)7)65(5)25-21-43(29-41(65)31-53(59)73)87-58(76)20-10-38(2)48-14-16-50-60-52(24-28-68(48,50)8)66(6)26-22-44(30-42(66)32-54(60)74)88-89(81,82)84-36-46-12-18-56(86-46)72-34-40(4)62(78)70-64(72)80/h11-12,17-18,33-34,37-38,41-56,59-60,73-74H,9-10,13-16,19-32,35-36H2,1-8H3,(H,81,82)(H,69,77,79)(H,70,78,80)/t37-,38-,41+,42+,43-,44-,45+,46-,47-,48-,49+,50+,51+,52+,53-,54-,55-,56+,59+,60+,65+,66+,67-,68-/m1/s1. The average molecular weight is 1260 g/mol. The molecule has 0 spiro atoms. The van der Waals surface area contributed by atoms with Crippen molar-refractivity contribution in [1.82, 2.24) is 19.1 Å². The second kappa shape index (κ2) is 24.9. The number of hydrogen-bond donors (Lipinski definition) is 5. The molecule has 0 bridgehead atoms. The minimum atomic E-state index is -4.49. The summed E-state index contributed by atoms with van der Waals surface area (Å²) in [6.45, 7) is 17.4. The first-order valence-corrected chi connectivity index (χ1v) is 35.4. The van der Waals surface area contributed by atoms with Crippen molar-refractivity contribution in [2.75, 3.05) is 13.2 Å². The first-order valence-electron chi connectivity index (χ1n) is 33.9. The number of carbonyl (C=O) groups excluding carboxylic acids is 2. The number of aliphatic hydroxyl groups is 2. The summed E-state index contributed by atoms with van der Waals surface area (Å²) in [4.78, 5) is 90.9. The Morgan fingerprint density at radius 2 is 1.04 bits per heavy atom. The molecule has 5 N–H and O–H groups in total. The number of aromatic amines is 2. The molecule has 0 saturated heterocycles. The van der Waals surface area contributed by atoms with Gasteiger partial charge in [-0.2, -0.15) is 0 Å². The molecule has 0 aromatic carbocycles. The van der Waals surface area contributed by atoms with Gasteiger partial charge in [0, 0.05) is 36.4 Å². The minimum Gasteiger partial charge on any atom is -0.463 e. The van der Waals surface area contributed by atoms with E-state index in [0.717, 1.165) is 96.3 Å². The molecule has 0 radical (unpaired) electrons. The van der Waals surface area contributed by atoms with Gasteiger partial charge in [0.2, 0.25) is 0 Å². The fourth-order valence-electron chi connectivity index (χ4n) is 21.5. The molecule has 0 amide bonds. The molecule has 21 heteroatoms. The molecule has 492 valence electrons. The predicted molar refractivity (Wildman–Crippen MR) is 330 cm³/mol. The summed E-state index contributed by atoms with van der Waals surface area (Å²) in [5.74, 6) is 3.50. The molecular weight excluding hydrogens is 1160 g/mol. The Labute approximate surface area is 522 Å². The maximum atomic E-state index is 13.9. The van der Waals surface area contributed by atoms with E-state index in [1.165, 1.54) is 21.5 Å². The van der Waals surface area contributed by atoms with Gasteiger partial charge in [-0.15, -0.1) is 0 Å². The summed E-state index contributed by atoms with van der Waals surface area (Å²) in [5.41, 5.74) is -1.19. The largest absolute Gasteiger partial charge is 0.472 e. The number of rotatable bonds is 18. The Balaban J connectivity index is 0.574. The summed E-state index contributed by atoms with van der Waals surface area (Å²) in [5, 5.41) is 24.4. The Bertz CT molecular complexity index is 3340. The molecule has 2 aromatic rings. The van der Waals surface area contributed by atoms with Crippen molar-refractivity contribution in [1.29, 1.82) is 0 Å². The molecule has 25 atom stereocenters. The van der Waals surface area contributed by atoms with Crippen LogP contribution in [0.3, 0.4) is 0 Å². The number of nitrogens with zero attached hydrogens (tertiary/aromatic N) is 2. The molecule has 20 nitrogen and oxygen atoms in total. The molecule has 4 heterocycles. The SMILES string of the molecule is Cc1cn([C@@H]2C=C[C@H](COP(=O)(O)O[C@@H]3CC[C@@]4(C)[C@@H](C3)C[C@@H](O)[C@@H]3[C@@H]4CC[C@]4(C)[C@@H]([C@H](C)CCC(=O)O[C@@H]5CC[C@@]6(C)[C@@H](C5)C[C@@H](O)[C@@H]5[C@@H]6CC[C@]6(C)[C@@H]([C@H](C)CCC(=O)OC[C@@H]7C=C[C@H](n8cc(C)c(=O)[nH]c8=O)O7)CC[C@@H]56)CC[C@@H]34)O2)c(=O)[nH]c1=O. The van der Waals surface area contributed by atoms with Crippen molar-refractivity contribution in [3.05, 3.63) is 89.5 Å². The van der Waals surface area contributed by atoms with Crippen LogP contribution in [0.2, 0.25) is 0 Å². The van der Waals surface area contributed by atoms with E-state index in [1.54, 1.807) is 38.2 Å². The third kappa shape index (κ3) is 12.2. The smallest absolute Gasteiger partial charge is 0.463 e. The highest BCUT2D eigenvalue weighted by molar-refractivity contribution is 7.47. The van der Waals surface area contributed by atoms with Crippen LogP contribution >= 0.6 is 7.82 Å². The zero-order chi connectivity index (χ0) is 63.3. The van der Waals surface area contributed by atoms with Crippen molar-refractivity contribution < 1.29 is 57.3 Å². The quantitative estimate of drug-likeness (QED) is 0.0528. The number of ether oxygens (including phenoxy) is 4. The van der Waals surface area contributed by atoms with E-state index in [9.17, 15) is 48.4 Å². The fraction of sp³-hybridized carbons (Fsp3) is 0.794. The van der Waals surface area contributed by atoms with Gasteiger partial charge in [0.05, 0.1) is 24.9 Å². The summed E-state index contributed by atoms with van der Waals surface area (Å²) in [6.07, 6.45) is 22.2. The molecule has 12 rings (SSSR count). The van der Waals surface area contributed by atoms with Gasteiger partial charge in [-0.3, -0.25) is 47.3 Å². The molecule has 2 aromatic heterocycles. The van der Waals surface area contributed by atoms with Crippen LogP contribution in [0.25, 0.3) is 0 Å². The van der Waals surface area contributed by atoms with Crippen LogP contribution in [-0.2, 0) is 42.1 Å². The van der Waals surface area contributed by atoms with Crippen LogP contribution in [0.5, 0.6) is 0 Å². The third-order valence-corrected chi connectivity index (χ3v) is 27.3. The van der Waals surface area contributed by atoms with Gasteiger partial charge in [-0.1, -0.05) is 53.7 Å². The maximum absolute atomic E-state index is 13.9. The number of phosphoric acid groups is 1. The van der Waals surface area contributed by atoms with Crippen molar-refractivity contribution in [3.8, 4) is 0 Å². The average Bonchev–Trinajstić information content (AvgIpc) is 1.71. The van der Waals surface area contributed by atoms with Crippen molar-refractivity contribution in [2.45, 2.75) is 233 Å². The first kappa shape index (κ1) is 64.8. The number of carbonyl (C=O) groups is 2. The second-order valence-electron chi connectivity index (χ2n) is 30.8. The number of H-pyrrole nitrogens is 2. The monoisotopic (exact) mass is 1260 g/mol. The Hall–Kier alpha value is -4.27. The van der Waals surface area contributed by atoms with Gasteiger partial charge >= 0.3 is 31.1 Å². The summed E-state index contributed by atoms with van der Waals surface area (Å²) < 4.78 is 51.1. The van der Waals surface area contributed by atoms with E-state index in [4.69, 9.17) is 28.0 Å². The highest BCUT2D eigenvalue weighted by Gasteiger charge is 2.65. The van der Waals surface area contributed by atoms with E-state index in [2.05, 4.69) is 51.5 Å². The third-order valence-electron chi connectivity index (χ3n) is 26.2. The van der Waals surface area contributed by atoms with Crippen LogP contribution < -0.4 is 22.5 Å². The number of aryl methyl sites for hydroxylation is 2. The lowest BCUT2D eigenvalue weighted by Crippen LogP contribution is -2.58. The second-order valence-corrected chi connectivity index (χ2v) is 32.2. The molecule has 8 aliphatic carbocycles. The Kier molecular flexibility index (Phi) is 18.1. The number of aromatic nitrogens is 4. The topological polar surface area (TPSA) is 277 Å². The molecule has 10 aliphatic rings. The van der Waals surface area contributed by atoms with Gasteiger partial charge in [-0.05, 0) is 234 Å². The lowest BCUT2D eigenvalue weighted by atomic mass is 9.43. The molecular formula is C68H99N4O16P. The number of esters is 2. The van der Waals surface area contributed by atoms with Crippen LogP contribution in [0, 0.1) is 107 Å². The van der Waals surface area contributed by atoms with Crippen molar-refractivity contribution >= 4 is 19.8 Å². The molecule has 1 unspecified atom stereocenters.